The number of pyridine rings is 1. The molecule has 3 aromatic heterocycles. The fourth-order valence-electron chi connectivity index (χ4n) is 3.10. The van der Waals surface area contributed by atoms with Crippen LogP contribution in [0.3, 0.4) is 0 Å². The fraction of sp³-hybridized carbons (Fsp3) is 0.143. The zero-order valence-electron chi connectivity index (χ0n) is 15.8. The summed E-state index contributed by atoms with van der Waals surface area (Å²) in [5, 5.41) is 9.39. The molecule has 1 aromatic carbocycles. The lowest BCUT2D eigenvalue weighted by molar-refractivity contribution is 0.101. The first-order valence-corrected chi connectivity index (χ1v) is 9.73. The molecule has 7 heteroatoms. The summed E-state index contributed by atoms with van der Waals surface area (Å²) >= 11 is 1.56. The number of nitrogens with zero attached hydrogens (tertiary/aromatic N) is 4. The number of amides is 1. The van der Waals surface area contributed by atoms with Crippen molar-refractivity contribution < 1.29 is 4.79 Å². The van der Waals surface area contributed by atoms with Crippen LogP contribution >= 0.6 is 11.3 Å². The van der Waals surface area contributed by atoms with E-state index in [0.29, 0.717) is 11.5 Å². The van der Waals surface area contributed by atoms with Crippen LogP contribution in [0.4, 0.5) is 5.69 Å². The number of carbonyl (C=O) groups is 1. The molecule has 6 nitrogen and oxygen atoms in total. The fourth-order valence-corrected chi connectivity index (χ4v) is 3.80. The molecular formula is C21H19N5OS. The molecular weight excluding hydrogens is 370 g/mol. The summed E-state index contributed by atoms with van der Waals surface area (Å²) in [6, 6.07) is 15.5. The molecule has 1 N–H and O–H groups in total. The summed E-state index contributed by atoms with van der Waals surface area (Å²) in [5.74, 6) is 0.401. The highest BCUT2D eigenvalue weighted by Gasteiger charge is 2.20. The van der Waals surface area contributed by atoms with Crippen molar-refractivity contribution in [3.8, 4) is 16.4 Å². The standard InChI is InChI=1S/C21H19N5OS/c1-13-12-14(2)22-15(3)18(13)23-21(27)19-24-20(17-10-7-11-28-17)26(25-19)16-8-5-4-6-9-16/h4-12H,1-3H3,(H,23,27). The maximum absolute atomic E-state index is 12.9. The first-order chi connectivity index (χ1) is 13.5. The monoisotopic (exact) mass is 389 g/mol. The van der Waals surface area contributed by atoms with Gasteiger partial charge in [-0.25, -0.2) is 9.67 Å². The minimum Gasteiger partial charge on any atom is -0.317 e. The van der Waals surface area contributed by atoms with E-state index in [9.17, 15) is 4.79 Å². The second-order valence-corrected chi connectivity index (χ2v) is 7.43. The average molecular weight is 389 g/mol. The first-order valence-electron chi connectivity index (χ1n) is 8.85. The predicted molar refractivity (Wildman–Crippen MR) is 111 cm³/mol. The number of para-hydroxylation sites is 1. The largest absolute Gasteiger partial charge is 0.317 e. The molecule has 3 heterocycles. The Morgan fingerprint density at radius 3 is 2.50 bits per heavy atom. The van der Waals surface area contributed by atoms with Crippen LogP contribution in [0.2, 0.25) is 0 Å². The van der Waals surface area contributed by atoms with Crippen molar-refractivity contribution in [2.75, 3.05) is 5.32 Å². The van der Waals surface area contributed by atoms with Gasteiger partial charge in [0.25, 0.3) is 5.91 Å². The van der Waals surface area contributed by atoms with Gasteiger partial charge in [-0.3, -0.25) is 9.78 Å². The predicted octanol–water partition coefficient (Wildman–Crippen LogP) is 4.57. The van der Waals surface area contributed by atoms with Gasteiger partial charge < -0.3 is 5.32 Å². The number of rotatable bonds is 4. The zero-order valence-corrected chi connectivity index (χ0v) is 16.6. The molecule has 4 rings (SSSR count). The Kier molecular flexibility index (Phi) is 4.75. The maximum Gasteiger partial charge on any atom is 0.295 e. The second kappa shape index (κ2) is 7.36. The van der Waals surface area contributed by atoms with Crippen LogP contribution in [0.5, 0.6) is 0 Å². The summed E-state index contributed by atoms with van der Waals surface area (Å²) in [7, 11) is 0. The number of thiophene rings is 1. The van der Waals surface area contributed by atoms with Gasteiger partial charge in [-0.1, -0.05) is 24.3 Å². The van der Waals surface area contributed by atoms with Gasteiger partial charge in [-0.2, -0.15) is 0 Å². The van der Waals surface area contributed by atoms with E-state index in [1.165, 1.54) is 0 Å². The lowest BCUT2D eigenvalue weighted by atomic mass is 10.1. The second-order valence-electron chi connectivity index (χ2n) is 6.48. The Labute approximate surface area is 166 Å². The molecule has 4 aromatic rings. The first kappa shape index (κ1) is 18.1. The number of hydrogen-bond donors (Lipinski definition) is 1. The van der Waals surface area contributed by atoms with Crippen LogP contribution in [-0.2, 0) is 0 Å². The van der Waals surface area contributed by atoms with E-state index in [0.717, 1.165) is 27.5 Å². The van der Waals surface area contributed by atoms with E-state index in [-0.39, 0.29) is 11.7 Å². The summed E-state index contributed by atoms with van der Waals surface area (Å²) in [6.45, 7) is 5.76. The molecule has 1 amide bonds. The Morgan fingerprint density at radius 1 is 1.04 bits per heavy atom. The quantitative estimate of drug-likeness (QED) is 0.555. The van der Waals surface area contributed by atoms with Crippen molar-refractivity contribution >= 4 is 22.9 Å². The van der Waals surface area contributed by atoms with Crippen molar-refractivity contribution in [3.05, 3.63) is 76.7 Å². The van der Waals surface area contributed by atoms with E-state index < -0.39 is 0 Å². The number of carbonyl (C=O) groups excluding carboxylic acids is 1. The van der Waals surface area contributed by atoms with E-state index in [4.69, 9.17) is 0 Å². The molecule has 0 aliphatic rings. The minimum absolute atomic E-state index is 0.117. The highest BCUT2D eigenvalue weighted by Crippen LogP contribution is 2.26. The SMILES string of the molecule is Cc1cc(C)c(NC(=O)c2nc(-c3cccs3)n(-c3ccccc3)n2)c(C)n1. The number of benzene rings is 1. The zero-order chi connectivity index (χ0) is 19.7. The Morgan fingerprint density at radius 2 is 1.82 bits per heavy atom. The highest BCUT2D eigenvalue weighted by atomic mass is 32.1. The van der Waals surface area contributed by atoms with Gasteiger partial charge in [0.05, 0.1) is 21.9 Å². The molecule has 140 valence electrons. The van der Waals surface area contributed by atoms with Crippen molar-refractivity contribution in [2.24, 2.45) is 0 Å². The third-order valence-corrected chi connectivity index (χ3v) is 5.18. The molecule has 0 saturated carbocycles. The molecule has 0 spiro atoms. The number of anilines is 1. The molecule has 0 unspecified atom stereocenters. The average Bonchev–Trinajstić information content (AvgIpc) is 3.34. The van der Waals surface area contributed by atoms with Crippen LogP contribution in [0.15, 0.2) is 53.9 Å². The van der Waals surface area contributed by atoms with Gasteiger partial charge in [-0.05, 0) is 56.0 Å². The van der Waals surface area contributed by atoms with Crippen LogP contribution in [0, 0.1) is 20.8 Å². The maximum atomic E-state index is 12.9. The number of nitrogens with one attached hydrogen (secondary N) is 1. The smallest absolute Gasteiger partial charge is 0.295 e. The topological polar surface area (TPSA) is 72.7 Å². The van der Waals surface area contributed by atoms with Crippen molar-refractivity contribution in [3.63, 3.8) is 0 Å². The molecule has 0 atom stereocenters. The lowest BCUT2D eigenvalue weighted by Crippen LogP contribution is -2.16. The van der Waals surface area contributed by atoms with Crippen LogP contribution in [-0.4, -0.2) is 25.7 Å². The van der Waals surface area contributed by atoms with Crippen molar-refractivity contribution in [2.45, 2.75) is 20.8 Å². The third-order valence-electron chi connectivity index (χ3n) is 4.32. The van der Waals surface area contributed by atoms with Crippen LogP contribution in [0.1, 0.15) is 27.6 Å². The van der Waals surface area contributed by atoms with Gasteiger partial charge in [-0.15, -0.1) is 16.4 Å². The van der Waals surface area contributed by atoms with Crippen molar-refractivity contribution in [1.29, 1.82) is 0 Å². The van der Waals surface area contributed by atoms with Gasteiger partial charge in [0, 0.05) is 5.69 Å². The van der Waals surface area contributed by atoms with Gasteiger partial charge in [0.1, 0.15) is 0 Å². The summed E-state index contributed by atoms with van der Waals surface area (Å²) in [5.41, 5.74) is 4.19. The molecule has 0 fully saturated rings. The number of aromatic nitrogens is 4. The number of aryl methyl sites for hydroxylation is 3. The molecule has 0 bridgehead atoms. The Bertz CT molecular complexity index is 1110. The lowest BCUT2D eigenvalue weighted by Gasteiger charge is -2.10. The van der Waals surface area contributed by atoms with E-state index in [1.54, 1.807) is 16.0 Å². The normalized spacial score (nSPS) is 10.8. The molecule has 0 aliphatic carbocycles. The van der Waals surface area contributed by atoms with Crippen molar-refractivity contribution in [1.82, 2.24) is 19.7 Å². The van der Waals surface area contributed by atoms with Gasteiger partial charge in [0.15, 0.2) is 5.82 Å². The Hall–Kier alpha value is -3.32. The summed E-state index contributed by atoms with van der Waals surface area (Å²) < 4.78 is 1.70. The summed E-state index contributed by atoms with van der Waals surface area (Å²) in [6.07, 6.45) is 0. The van der Waals surface area contributed by atoms with Gasteiger partial charge >= 0.3 is 0 Å². The van der Waals surface area contributed by atoms with E-state index >= 15 is 0 Å². The minimum atomic E-state index is -0.357. The number of hydrogen-bond acceptors (Lipinski definition) is 5. The Balaban J connectivity index is 1.74. The summed E-state index contributed by atoms with van der Waals surface area (Å²) in [4.78, 5) is 22.8. The van der Waals surface area contributed by atoms with Crippen LogP contribution < -0.4 is 5.32 Å². The third kappa shape index (κ3) is 3.44. The van der Waals surface area contributed by atoms with Gasteiger partial charge in [0.2, 0.25) is 5.82 Å². The molecule has 0 saturated heterocycles. The highest BCUT2D eigenvalue weighted by molar-refractivity contribution is 7.13. The van der Waals surface area contributed by atoms with E-state index in [2.05, 4.69) is 20.4 Å². The molecule has 0 radical (unpaired) electrons. The molecule has 28 heavy (non-hydrogen) atoms. The van der Waals surface area contributed by atoms with E-state index in [1.807, 2.05) is 74.7 Å². The molecule has 0 aliphatic heterocycles. The van der Waals surface area contributed by atoms with Crippen LogP contribution in [0.25, 0.3) is 16.4 Å².